The Bertz CT molecular complexity index is 3050. The molecule has 2 aromatic heterocycles. The summed E-state index contributed by atoms with van der Waals surface area (Å²) in [5, 5.41) is 14.5. The molecule has 0 aliphatic heterocycles. The van der Waals surface area contributed by atoms with Gasteiger partial charge in [0, 0.05) is 32.9 Å². The molecule has 2 heterocycles. The van der Waals surface area contributed by atoms with Crippen molar-refractivity contribution in [2.45, 2.75) is 0 Å². The van der Waals surface area contributed by atoms with E-state index in [1.165, 1.54) is 64.6 Å². The van der Waals surface area contributed by atoms with Crippen molar-refractivity contribution in [3.05, 3.63) is 218 Å². The zero-order valence-corrected chi connectivity index (χ0v) is 30.7. The maximum absolute atomic E-state index is 2.46. The number of para-hydroxylation sites is 4. The first kappa shape index (κ1) is 32.0. The Kier molecular flexibility index (Phi) is 7.53. The van der Waals surface area contributed by atoms with Crippen molar-refractivity contribution < 1.29 is 0 Å². The van der Waals surface area contributed by atoms with Gasteiger partial charge >= 0.3 is 0 Å². The van der Waals surface area contributed by atoms with Crippen LogP contribution in [0.3, 0.4) is 0 Å². The molecule has 0 N–H and O–H groups in total. The molecule has 0 bridgehead atoms. The summed E-state index contributed by atoms with van der Waals surface area (Å²) in [6, 6.07) is 79.9. The lowest BCUT2D eigenvalue weighted by Gasteiger charge is -2.17. The van der Waals surface area contributed by atoms with Gasteiger partial charge in [-0.1, -0.05) is 176 Å². The second-order valence-corrected chi connectivity index (χ2v) is 14.4. The van der Waals surface area contributed by atoms with E-state index in [4.69, 9.17) is 0 Å². The molecule has 0 spiro atoms. The molecule has 0 aliphatic carbocycles. The van der Waals surface area contributed by atoms with Gasteiger partial charge in [0.2, 0.25) is 0 Å². The van der Waals surface area contributed by atoms with Gasteiger partial charge in [0.1, 0.15) is 0 Å². The fourth-order valence-electron chi connectivity index (χ4n) is 8.98. The van der Waals surface area contributed by atoms with Crippen molar-refractivity contribution in [3.63, 3.8) is 0 Å². The molecule has 0 atom stereocenters. The Labute approximate surface area is 324 Å². The summed E-state index contributed by atoms with van der Waals surface area (Å²) < 4.78 is 4.93. The van der Waals surface area contributed by atoms with Crippen molar-refractivity contribution in [2.24, 2.45) is 0 Å². The van der Waals surface area contributed by atoms with Crippen LogP contribution in [-0.4, -0.2) is 9.13 Å². The minimum Gasteiger partial charge on any atom is -0.309 e. The van der Waals surface area contributed by atoms with Crippen LogP contribution in [-0.2, 0) is 0 Å². The molecule has 11 rings (SSSR count). The molecular weight excluding hydrogens is 677 g/mol. The minimum absolute atomic E-state index is 1.08. The number of rotatable bonds is 2. The second-order valence-electron chi connectivity index (χ2n) is 14.4. The third-order valence-corrected chi connectivity index (χ3v) is 11.4. The molecule has 0 aliphatic rings. The van der Waals surface area contributed by atoms with Crippen LogP contribution in [0.5, 0.6) is 0 Å². The van der Waals surface area contributed by atoms with Crippen LogP contribution in [0, 0.1) is 0 Å². The van der Waals surface area contributed by atoms with E-state index in [-0.39, 0.29) is 0 Å². The van der Waals surface area contributed by atoms with Gasteiger partial charge in [-0.15, -0.1) is 0 Å². The van der Waals surface area contributed by atoms with Gasteiger partial charge in [-0.2, -0.15) is 0 Å². The van der Waals surface area contributed by atoms with Crippen molar-refractivity contribution in [3.8, 4) is 11.4 Å². The molecule has 11 aromatic rings. The van der Waals surface area contributed by atoms with Gasteiger partial charge in [0.05, 0.1) is 22.1 Å². The van der Waals surface area contributed by atoms with E-state index in [1.54, 1.807) is 0 Å². The highest BCUT2D eigenvalue weighted by atomic mass is 15.0. The first-order valence-electron chi connectivity index (χ1n) is 19.3. The van der Waals surface area contributed by atoms with Crippen molar-refractivity contribution >= 4 is 86.7 Å². The average molecular weight is 713 g/mol. The molecule has 2 heteroatoms. The Morgan fingerprint density at radius 2 is 0.375 bits per heavy atom. The Hall–Kier alpha value is -7.42. The summed E-state index contributed by atoms with van der Waals surface area (Å²) in [7, 11) is 0. The molecule has 2 nitrogen and oxygen atoms in total. The Balaban J connectivity index is 1.36. The smallest absolute Gasteiger partial charge is 0.0540 e. The summed E-state index contributed by atoms with van der Waals surface area (Å²) in [5.41, 5.74) is 6.68. The maximum atomic E-state index is 2.46. The van der Waals surface area contributed by atoms with Gasteiger partial charge in [0.25, 0.3) is 0 Å². The normalized spacial score (nSPS) is 11.6. The monoisotopic (exact) mass is 712 g/mol. The molecule has 9 aromatic carbocycles. The largest absolute Gasteiger partial charge is 0.309 e. The quantitative estimate of drug-likeness (QED) is 0.169. The minimum atomic E-state index is 1.08. The molecule has 56 heavy (non-hydrogen) atoms. The average Bonchev–Trinajstić information content (AvgIpc) is 3.34. The highest BCUT2D eigenvalue weighted by molar-refractivity contribution is 6.21. The number of fused-ring (bicyclic) bond motifs is 14. The van der Waals surface area contributed by atoms with Gasteiger partial charge in [0.15, 0.2) is 0 Å². The third-order valence-electron chi connectivity index (χ3n) is 11.4. The van der Waals surface area contributed by atoms with E-state index in [1.807, 2.05) is 0 Å². The van der Waals surface area contributed by atoms with E-state index < -0.39 is 0 Å². The number of aromatic nitrogens is 2. The molecule has 0 saturated carbocycles. The molecule has 0 saturated heterocycles. The third kappa shape index (κ3) is 5.04. The lowest BCUT2D eigenvalue weighted by Crippen LogP contribution is -2.02. The number of hydrogen-bond acceptors (Lipinski definition) is 0. The van der Waals surface area contributed by atoms with Gasteiger partial charge in [-0.05, 0) is 85.6 Å². The van der Waals surface area contributed by atoms with Crippen LogP contribution in [0.15, 0.2) is 218 Å². The molecule has 0 radical (unpaired) electrons. The van der Waals surface area contributed by atoms with Crippen LogP contribution in [0.2, 0.25) is 0 Å². The first-order chi connectivity index (χ1) is 27.8. The summed E-state index contributed by atoms with van der Waals surface area (Å²) in [4.78, 5) is 0. The fraction of sp³-hybridized carbons (Fsp3) is 0. The maximum Gasteiger partial charge on any atom is 0.0540 e. The van der Waals surface area contributed by atoms with Crippen LogP contribution < -0.4 is 0 Å². The van der Waals surface area contributed by atoms with E-state index in [0.717, 1.165) is 33.4 Å². The van der Waals surface area contributed by atoms with Gasteiger partial charge in [-0.3, -0.25) is 0 Å². The molecule has 0 fully saturated rings. The topological polar surface area (TPSA) is 9.86 Å². The van der Waals surface area contributed by atoms with Crippen LogP contribution in [0.25, 0.3) is 98.1 Å². The van der Waals surface area contributed by atoms with Crippen LogP contribution in [0.4, 0.5) is 0 Å². The fourth-order valence-corrected chi connectivity index (χ4v) is 8.98. The van der Waals surface area contributed by atoms with Crippen molar-refractivity contribution in [2.75, 3.05) is 0 Å². The van der Waals surface area contributed by atoms with Gasteiger partial charge < -0.3 is 9.13 Å². The van der Waals surface area contributed by atoms with Crippen molar-refractivity contribution in [1.82, 2.24) is 9.13 Å². The Morgan fingerprint density at radius 1 is 0.179 bits per heavy atom. The zero-order valence-electron chi connectivity index (χ0n) is 30.7. The highest BCUT2D eigenvalue weighted by Crippen LogP contribution is 2.37. The summed E-state index contributed by atoms with van der Waals surface area (Å²) in [5.74, 6) is 0. The molecule has 0 unspecified atom stereocenters. The Morgan fingerprint density at radius 3 is 0.625 bits per heavy atom. The zero-order chi connectivity index (χ0) is 37.0. The lowest BCUT2D eigenvalue weighted by atomic mass is 10.0. The van der Waals surface area contributed by atoms with Crippen molar-refractivity contribution in [1.29, 1.82) is 0 Å². The second kappa shape index (κ2) is 13.2. The van der Waals surface area contributed by atoms with E-state index in [2.05, 4.69) is 228 Å². The van der Waals surface area contributed by atoms with E-state index in [0.29, 0.717) is 0 Å². The van der Waals surface area contributed by atoms with E-state index in [9.17, 15) is 0 Å². The SMILES string of the molecule is c1cc(-n2c3ccccc3c3ccccc3c3ccccc3c3ccccc32)cc(-n2c3ccccc3c3ccccc3c3ccccc3c3ccccc32)c1. The lowest BCUT2D eigenvalue weighted by molar-refractivity contribution is 1.13. The molecular formula is C54H36N2. The number of benzene rings is 9. The molecule has 0 amide bonds. The predicted octanol–water partition coefficient (Wildman–Crippen LogP) is 14.7. The predicted molar refractivity (Wildman–Crippen MR) is 240 cm³/mol. The van der Waals surface area contributed by atoms with Crippen LogP contribution in [0.1, 0.15) is 0 Å². The molecule has 262 valence electrons. The highest BCUT2D eigenvalue weighted by Gasteiger charge is 2.14. The first-order valence-corrected chi connectivity index (χ1v) is 19.3. The van der Waals surface area contributed by atoms with E-state index >= 15 is 0 Å². The van der Waals surface area contributed by atoms with Crippen LogP contribution >= 0.6 is 0 Å². The summed E-state index contributed by atoms with van der Waals surface area (Å²) >= 11 is 0. The summed E-state index contributed by atoms with van der Waals surface area (Å²) in [6.07, 6.45) is 0. The van der Waals surface area contributed by atoms with Gasteiger partial charge in [-0.25, -0.2) is 0 Å². The number of hydrogen-bond donors (Lipinski definition) is 0. The standard InChI is InChI=1S/C54H36N2/c1-5-24-43-39(20-1)40-21-2-6-25-44(40)48-29-10-14-33-52(48)55(51-32-13-9-28-47(43)51)37-18-17-19-38(36-37)56-53-34-15-11-30-49(53)45-26-7-3-22-41(45)42-23-4-8-27-46(42)50-31-12-16-35-54(50)56/h1-36H. The summed E-state index contributed by atoms with van der Waals surface area (Å²) in [6.45, 7) is 0. The number of nitrogens with zero attached hydrogens (tertiary/aromatic N) is 2.